The molecule has 0 bridgehead atoms. The number of aromatic nitrogens is 4. The summed E-state index contributed by atoms with van der Waals surface area (Å²) in [5, 5.41) is 7.74. The number of pyridine rings is 2. The predicted molar refractivity (Wildman–Crippen MR) is 69.1 cm³/mol. The average Bonchev–Trinajstić information content (AvgIpc) is 2.89. The molecule has 0 aliphatic carbocycles. The summed E-state index contributed by atoms with van der Waals surface area (Å²) in [6, 6.07) is 5.64. The Bertz CT molecular complexity index is 777. The van der Waals surface area contributed by atoms with Crippen LogP contribution >= 0.6 is 0 Å². The fraction of sp³-hybridized carbons (Fsp3) is 0.154. The highest BCUT2D eigenvalue weighted by molar-refractivity contribution is 5.56. The Kier molecular flexibility index (Phi) is 3.09. The van der Waals surface area contributed by atoms with Crippen LogP contribution in [0.1, 0.15) is 11.1 Å². The van der Waals surface area contributed by atoms with E-state index in [4.69, 9.17) is 5.73 Å². The minimum Gasteiger partial charge on any atom is -0.326 e. The van der Waals surface area contributed by atoms with Gasteiger partial charge in [0.05, 0.1) is 5.56 Å². The maximum absolute atomic E-state index is 12.8. The van der Waals surface area contributed by atoms with E-state index in [1.165, 1.54) is 10.5 Å². The number of fused-ring (bicyclic) bond motifs is 1. The molecule has 3 aromatic rings. The van der Waals surface area contributed by atoms with Gasteiger partial charge in [0.15, 0.2) is 11.5 Å². The van der Waals surface area contributed by atoms with Crippen molar-refractivity contribution in [3.63, 3.8) is 0 Å². The van der Waals surface area contributed by atoms with E-state index in [2.05, 4.69) is 15.2 Å². The van der Waals surface area contributed by atoms with Crippen molar-refractivity contribution in [2.75, 3.05) is 0 Å². The lowest BCUT2D eigenvalue weighted by Gasteiger charge is -2.07. The first-order valence-corrected chi connectivity index (χ1v) is 6.06. The molecule has 0 aromatic carbocycles. The van der Waals surface area contributed by atoms with E-state index in [0.29, 0.717) is 17.9 Å². The second-order valence-electron chi connectivity index (χ2n) is 4.42. The molecule has 0 saturated carbocycles. The lowest BCUT2D eigenvalue weighted by atomic mass is 10.2. The fourth-order valence-corrected chi connectivity index (χ4v) is 1.91. The standard InChI is InChI=1S/C13H10F3N5/c14-13(15,16)9-2-4-11-19-20-12(21(11)7-9)10-3-1-8(5-17)6-18-10/h1-4,6-7H,5,17H2. The molecule has 0 atom stereocenters. The number of nitrogens with zero attached hydrogens (tertiary/aromatic N) is 4. The smallest absolute Gasteiger partial charge is 0.326 e. The molecular weight excluding hydrogens is 283 g/mol. The number of alkyl halides is 3. The van der Waals surface area contributed by atoms with Crippen molar-refractivity contribution in [3.8, 4) is 11.5 Å². The van der Waals surface area contributed by atoms with E-state index in [0.717, 1.165) is 17.8 Å². The second-order valence-corrected chi connectivity index (χ2v) is 4.42. The van der Waals surface area contributed by atoms with Gasteiger partial charge in [-0.15, -0.1) is 10.2 Å². The zero-order valence-electron chi connectivity index (χ0n) is 10.7. The maximum Gasteiger partial charge on any atom is 0.417 e. The SMILES string of the molecule is NCc1ccc(-c2nnc3ccc(C(F)(F)F)cn23)nc1. The molecule has 108 valence electrons. The first kappa shape index (κ1) is 13.5. The molecule has 8 heteroatoms. The predicted octanol–water partition coefficient (Wildman–Crippen LogP) is 2.27. The van der Waals surface area contributed by atoms with Crippen LogP contribution in [0.2, 0.25) is 0 Å². The summed E-state index contributed by atoms with van der Waals surface area (Å²) in [6.07, 6.45) is -1.90. The molecule has 0 spiro atoms. The monoisotopic (exact) mass is 293 g/mol. The van der Waals surface area contributed by atoms with Gasteiger partial charge in [0.1, 0.15) is 5.69 Å². The minimum absolute atomic E-state index is 0.250. The highest BCUT2D eigenvalue weighted by Gasteiger charge is 2.31. The summed E-state index contributed by atoms with van der Waals surface area (Å²) in [7, 11) is 0. The van der Waals surface area contributed by atoms with Crippen LogP contribution in [0.25, 0.3) is 17.2 Å². The van der Waals surface area contributed by atoms with E-state index in [1.807, 2.05) is 0 Å². The molecule has 5 nitrogen and oxygen atoms in total. The van der Waals surface area contributed by atoms with Crippen LogP contribution in [0.4, 0.5) is 13.2 Å². The Balaban J connectivity index is 2.13. The van der Waals surface area contributed by atoms with Crippen LogP contribution in [0, 0.1) is 0 Å². The third-order valence-corrected chi connectivity index (χ3v) is 3.02. The molecule has 21 heavy (non-hydrogen) atoms. The molecule has 0 fully saturated rings. The van der Waals surface area contributed by atoms with Crippen LogP contribution in [0.3, 0.4) is 0 Å². The Morgan fingerprint density at radius 2 is 1.90 bits per heavy atom. The highest BCUT2D eigenvalue weighted by Crippen LogP contribution is 2.30. The number of halogens is 3. The van der Waals surface area contributed by atoms with Crippen molar-refractivity contribution in [2.45, 2.75) is 12.7 Å². The number of hydrogen-bond acceptors (Lipinski definition) is 4. The van der Waals surface area contributed by atoms with E-state index in [9.17, 15) is 13.2 Å². The molecule has 3 heterocycles. The summed E-state index contributed by atoms with van der Waals surface area (Å²) in [4.78, 5) is 4.15. The van der Waals surface area contributed by atoms with Crippen molar-refractivity contribution < 1.29 is 13.2 Å². The van der Waals surface area contributed by atoms with Crippen molar-refractivity contribution in [1.82, 2.24) is 19.6 Å². The van der Waals surface area contributed by atoms with Gasteiger partial charge in [0.2, 0.25) is 0 Å². The molecule has 0 unspecified atom stereocenters. The summed E-state index contributed by atoms with van der Waals surface area (Å²) in [6.45, 7) is 0.339. The normalized spacial score (nSPS) is 12.0. The lowest BCUT2D eigenvalue weighted by Crippen LogP contribution is -2.06. The van der Waals surface area contributed by atoms with Gasteiger partial charge >= 0.3 is 6.18 Å². The quantitative estimate of drug-likeness (QED) is 0.787. The van der Waals surface area contributed by atoms with Gasteiger partial charge in [-0.25, -0.2) is 0 Å². The zero-order chi connectivity index (χ0) is 15.0. The molecule has 0 amide bonds. The number of hydrogen-bond donors (Lipinski definition) is 1. The Labute approximate surface area is 117 Å². The Morgan fingerprint density at radius 3 is 2.52 bits per heavy atom. The number of rotatable bonds is 2. The average molecular weight is 293 g/mol. The first-order valence-electron chi connectivity index (χ1n) is 6.06. The van der Waals surface area contributed by atoms with Gasteiger partial charge in [-0.05, 0) is 23.8 Å². The molecule has 3 aromatic heterocycles. The molecule has 2 N–H and O–H groups in total. The van der Waals surface area contributed by atoms with E-state index >= 15 is 0 Å². The molecule has 3 rings (SSSR count). The third kappa shape index (κ3) is 2.45. The van der Waals surface area contributed by atoms with Gasteiger partial charge in [0.25, 0.3) is 0 Å². The Hall–Kier alpha value is -2.48. The minimum atomic E-state index is -4.42. The highest BCUT2D eigenvalue weighted by atomic mass is 19.4. The van der Waals surface area contributed by atoms with Gasteiger partial charge in [-0.1, -0.05) is 6.07 Å². The largest absolute Gasteiger partial charge is 0.417 e. The van der Waals surface area contributed by atoms with Crippen LogP contribution in [-0.4, -0.2) is 19.6 Å². The van der Waals surface area contributed by atoms with E-state index in [1.54, 1.807) is 18.3 Å². The number of nitrogens with two attached hydrogens (primary N) is 1. The van der Waals surface area contributed by atoms with Gasteiger partial charge < -0.3 is 5.73 Å². The summed E-state index contributed by atoms with van der Waals surface area (Å²) in [5.41, 5.74) is 6.28. The second kappa shape index (κ2) is 4.81. The van der Waals surface area contributed by atoms with Crippen LogP contribution in [0.15, 0.2) is 36.7 Å². The van der Waals surface area contributed by atoms with Crippen LogP contribution < -0.4 is 5.73 Å². The van der Waals surface area contributed by atoms with E-state index < -0.39 is 11.7 Å². The van der Waals surface area contributed by atoms with Crippen molar-refractivity contribution in [2.24, 2.45) is 5.73 Å². The Morgan fingerprint density at radius 1 is 1.10 bits per heavy atom. The van der Waals surface area contributed by atoms with E-state index in [-0.39, 0.29) is 5.82 Å². The maximum atomic E-state index is 12.8. The van der Waals surface area contributed by atoms with Gasteiger partial charge in [0, 0.05) is 18.9 Å². The van der Waals surface area contributed by atoms with Crippen LogP contribution in [-0.2, 0) is 12.7 Å². The molecule has 0 radical (unpaired) electrons. The molecule has 0 saturated heterocycles. The van der Waals surface area contributed by atoms with Crippen molar-refractivity contribution in [1.29, 1.82) is 0 Å². The molecular formula is C13H10F3N5. The molecule has 0 aliphatic rings. The van der Waals surface area contributed by atoms with Crippen molar-refractivity contribution in [3.05, 3.63) is 47.8 Å². The lowest BCUT2D eigenvalue weighted by molar-refractivity contribution is -0.137. The van der Waals surface area contributed by atoms with Crippen molar-refractivity contribution >= 4 is 5.65 Å². The fourth-order valence-electron chi connectivity index (χ4n) is 1.91. The van der Waals surface area contributed by atoms with Gasteiger partial charge in [-0.2, -0.15) is 13.2 Å². The molecule has 0 aliphatic heterocycles. The summed E-state index contributed by atoms with van der Waals surface area (Å²) in [5.74, 6) is 0.250. The summed E-state index contributed by atoms with van der Waals surface area (Å²) < 4.78 is 39.6. The van der Waals surface area contributed by atoms with Gasteiger partial charge in [-0.3, -0.25) is 9.38 Å². The van der Waals surface area contributed by atoms with Crippen LogP contribution in [0.5, 0.6) is 0 Å². The summed E-state index contributed by atoms with van der Waals surface area (Å²) >= 11 is 0. The topological polar surface area (TPSA) is 69.1 Å². The third-order valence-electron chi connectivity index (χ3n) is 3.02. The first-order chi connectivity index (χ1) is 9.99. The zero-order valence-corrected chi connectivity index (χ0v) is 10.7.